The lowest BCUT2D eigenvalue weighted by molar-refractivity contribution is 0.493. The van der Waals surface area contributed by atoms with Crippen molar-refractivity contribution < 1.29 is 0 Å². The Bertz CT molecular complexity index is 344. The maximum Gasteiger partial charge on any atom is 0.239 e. The fourth-order valence-electron chi connectivity index (χ4n) is 1.25. The summed E-state index contributed by atoms with van der Waals surface area (Å²) in [4.78, 5) is 8.07. The molecular formula is C10H18ClN5. The molecule has 0 fully saturated rings. The summed E-state index contributed by atoms with van der Waals surface area (Å²) in [5.41, 5.74) is 2.39. The second-order valence-corrected chi connectivity index (χ2v) is 4.26. The normalized spacial score (nSPS) is 14.3. The predicted molar refractivity (Wildman–Crippen MR) is 67.4 cm³/mol. The van der Waals surface area contributed by atoms with E-state index in [9.17, 15) is 0 Å². The number of hydrogen-bond acceptors (Lipinski definition) is 5. The zero-order valence-corrected chi connectivity index (χ0v) is 10.5. The van der Waals surface area contributed by atoms with Crippen LogP contribution in [0.4, 0.5) is 11.8 Å². The third kappa shape index (κ3) is 3.21. The summed E-state index contributed by atoms with van der Waals surface area (Å²) in [5.74, 6) is 6.74. The van der Waals surface area contributed by atoms with E-state index in [1.54, 1.807) is 0 Å². The van der Waals surface area contributed by atoms with E-state index < -0.39 is 0 Å². The zero-order valence-electron chi connectivity index (χ0n) is 9.79. The van der Waals surface area contributed by atoms with Gasteiger partial charge in [0.1, 0.15) is 5.02 Å². The van der Waals surface area contributed by atoms with Gasteiger partial charge in [-0.1, -0.05) is 31.9 Å². The molecule has 0 amide bonds. The molecule has 0 bridgehead atoms. The Morgan fingerprint density at radius 1 is 1.50 bits per heavy atom. The van der Waals surface area contributed by atoms with E-state index in [0.717, 1.165) is 6.42 Å². The second kappa shape index (κ2) is 5.86. The highest BCUT2D eigenvalue weighted by Gasteiger charge is 2.13. The van der Waals surface area contributed by atoms with Gasteiger partial charge in [0, 0.05) is 6.04 Å². The molecule has 2 atom stereocenters. The van der Waals surface area contributed by atoms with E-state index in [0.29, 0.717) is 28.7 Å². The molecule has 1 heterocycles. The average molecular weight is 244 g/mol. The molecule has 0 aliphatic rings. The highest BCUT2D eigenvalue weighted by molar-refractivity contribution is 6.32. The number of hydrogen-bond donors (Lipinski definition) is 3. The summed E-state index contributed by atoms with van der Waals surface area (Å²) in [6.45, 7) is 6.42. The predicted octanol–water partition coefficient (Wildman–Crippen LogP) is 2.26. The van der Waals surface area contributed by atoms with E-state index in [4.69, 9.17) is 17.4 Å². The average Bonchev–Trinajstić information content (AvgIpc) is 2.30. The van der Waals surface area contributed by atoms with Gasteiger partial charge in [-0.2, -0.15) is 4.98 Å². The van der Waals surface area contributed by atoms with Crippen LogP contribution < -0.4 is 16.6 Å². The minimum Gasteiger partial charge on any atom is -0.366 e. The van der Waals surface area contributed by atoms with Gasteiger partial charge in [-0.15, -0.1) is 0 Å². The summed E-state index contributed by atoms with van der Waals surface area (Å²) < 4.78 is 0. The van der Waals surface area contributed by atoms with Gasteiger partial charge in [0.2, 0.25) is 5.95 Å². The molecule has 4 N–H and O–H groups in total. The van der Waals surface area contributed by atoms with Crippen molar-refractivity contribution in [2.45, 2.75) is 33.2 Å². The number of hydrazine groups is 1. The Morgan fingerprint density at radius 3 is 2.75 bits per heavy atom. The van der Waals surface area contributed by atoms with Crippen molar-refractivity contribution in [3.8, 4) is 0 Å². The fourth-order valence-corrected chi connectivity index (χ4v) is 1.39. The molecule has 1 rings (SSSR count). The lowest BCUT2D eigenvalue weighted by atomic mass is 10.0. The van der Waals surface area contributed by atoms with Crippen molar-refractivity contribution in [2.75, 3.05) is 10.7 Å². The summed E-state index contributed by atoms with van der Waals surface area (Å²) in [6.07, 6.45) is 2.62. The van der Waals surface area contributed by atoms with Gasteiger partial charge in [0.25, 0.3) is 0 Å². The number of anilines is 2. The van der Waals surface area contributed by atoms with Crippen molar-refractivity contribution in [2.24, 2.45) is 11.8 Å². The van der Waals surface area contributed by atoms with Crippen LogP contribution in [0.1, 0.15) is 27.2 Å². The minimum atomic E-state index is 0.294. The summed E-state index contributed by atoms with van der Waals surface area (Å²) in [5, 5.41) is 3.75. The van der Waals surface area contributed by atoms with E-state index >= 15 is 0 Å². The second-order valence-electron chi connectivity index (χ2n) is 3.85. The summed E-state index contributed by atoms with van der Waals surface area (Å²) in [7, 11) is 0. The van der Waals surface area contributed by atoms with E-state index in [1.165, 1.54) is 6.20 Å². The van der Waals surface area contributed by atoms with Crippen LogP contribution in [0.5, 0.6) is 0 Å². The van der Waals surface area contributed by atoms with Crippen molar-refractivity contribution in [3.05, 3.63) is 11.2 Å². The maximum atomic E-state index is 5.99. The fraction of sp³-hybridized carbons (Fsp3) is 0.600. The van der Waals surface area contributed by atoms with Crippen molar-refractivity contribution in [3.63, 3.8) is 0 Å². The lowest BCUT2D eigenvalue weighted by Gasteiger charge is -2.21. The first-order chi connectivity index (χ1) is 7.58. The molecular weight excluding hydrogens is 226 g/mol. The van der Waals surface area contributed by atoms with Gasteiger partial charge < -0.3 is 5.32 Å². The number of nitrogen functional groups attached to an aromatic ring is 1. The SMILES string of the molecule is CCC(C)C(C)Nc1nc(NN)ncc1Cl. The molecule has 5 nitrogen and oxygen atoms in total. The van der Waals surface area contributed by atoms with Crippen LogP contribution in [0.25, 0.3) is 0 Å². The van der Waals surface area contributed by atoms with Crippen LogP contribution in [0.2, 0.25) is 5.02 Å². The molecule has 6 heteroatoms. The highest BCUT2D eigenvalue weighted by Crippen LogP contribution is 2.21. The molecule has 0 aromatic carbocycles. The smallest absolute Gasteiger partial charge is 0.239 e. The zero-order chi connectivity index (χ0) is 12.1. The van der Waals surface area contributed by atoms with E-state index in [-0.39, 0.29) is 0 Å². The number of halogens is 1. The van der Waals surface area contributed by atoms with Crippen LogP contribution in [-0.4, -0.2) is 16.0 Å². The van der Waals surface area contributed by atoms with Gasteiger partial charge in [0.15, 0.2) is 5.82 Å². The van der Waals surface area contributed by atoms with Crippen molar-refractivity contribution >= 4 is 23.4 Å². The third-order valence-electron chi connectivity index (χ3n) is 2.74. The molecule has 16 heavy (non-hydrogen) atoms. The van der Waals surface area contributed by atoms with Crippen LogP contribution in [0, 0.1) is 5.92 Å². The Hall–Kier alpha value is -1.07. The standard InChI is InChI=1S/C10H18ClN5/c1-4-6(2)7(3)14-9-8(11)5-13-10(15-9)16-12/h5-7H,4,12H2,1-3H3,(H2,13,14,15,16). The highest BCUT2D eigenvalue weighted by atomic mass is 35.5. The summed E-state index contributed by atoms with van der Waals surface area (Å²) >= 11 is 5.99. The molecule has 0 radical (unpaired) electrons. The molecule has 1 aromatic rings. The number of aromatic nitrogens is 2. The van der Waals surface area contributed by atoms with Crippen LogP contribution in [0.15, 0.2) is 6.20 Å². The number of nitrogens with zero attached hydrogens (tertiary/aromatic N) is 2. The molecule has 0 spiro atoms. The van der Waals surface area contributed by atoms with Gasteiger partial charge in [-0.25, -0.2) is 10.8 Å². The van der Waals surface area contributed by atoms with Crippen LogP contribution in [-0.2, 0) is 0 Å². The number of nitrogens with one attached hydrogen (secondary N) is 2. The monoisotopic (exact) mass is 243 g/mol. The Labute approximate surface area is 101 Å². The van der Waals surface area contributed by atoms with Crippen LogP contribution >= 0.6 is 11.6 Å². The van der Waals surface area contributed by atoms with Gasteiger partial charge >= 0.3 is 0 Å². The van der Waals surface area contributed by atoms with Crippen molar-refractivity contribution in [1.82, 2.24) is 9.97 Å². The first-order valence-corrected chi connectivity index (χ1v) is 5.72. The number of nitrogens with two attached hydrogens (primary N) is 1. The third-order valence-corrected chi connectivity index (χ3v) is 3.01. The molecule has 1 aromatic heterocycles. The van der Waals surface area contributed by atoms with Gasteiger partial charge in [0.05, 0.1) is 6.20 Å². The quantitative estimate of drug-likeness (QED) is 0.546. The minimum absolute atomic E-state index is 0.294. The van der Waals surface area contributed by atoms with Gasteiger partial charge in [-0.05, 0) is 12.8 Å². The van der Waals surface area contributed by atoms with Crippen molar-refractivity contribution in [1.29, 1.82) is 0 Å². The first kappa shape index (κ1) is 13.0. The first-order valence-electron chi connectivity index (χ1n) is 5.34. The molecule has 2 unspecified atom stereocenters. The topological polar surface area (TPSA) is 75.9 Å². The molecule has 90 valence electrons. The van der Waals surface area contributed by atoms with Crippen LogP contribution in [0.3, 0.4) is 0 Å². The Balaban J connectivity index is 2.79. The summed E-state index contributed by atoms with van der Waals surface area (Å²) in [6, 6.07) is 0.294. The largest absolute Gasteiger partial charge is 0.366 e. The molecule has 0 saturated carbocycles. The molecule has 0 aliphatic carbocycles. The molecule has 0 saturated heterocycles. The maximum absolute atomic E-state index is 5.99. The van der Waals surface area contributed by atoms with Gasteiger partial charge in [-0.3, -0.25) is 5.43 Å². The Kier molecular flexibility index (Phi) is 4.76. The molecule has 0 aliphatic heterocycles. The van der Waals surface area contributed by atoms with E-state index in [2.05, 4.69) is 41.5 Å². The Morgan fingerprint density at radius 2 is 2.19 bits per heavy atom. The van der Waals surface area contributed by atoms with E-state index in [1.807, 2.05) is 0 Å². The lowest BCUT2D eigenvalue weighted by Crippen LogP contribution is -2.24. The number of rotatable bonds is 5.